The smallest absolute Gasteiger partial charge is 0.157 e. The van der Waals surface area contributed by atoms with Gasteiger partial charge in [-0.1, -0.05) is 24.8 Å². The average Bonchev–Trinajstić information content (AvgIpc) is 3.19. The van der Waals surface area contributed by atoms with Crippen molar-refractivity contribution in [2.45, 2.75) is 25.3 Å². The topological polar surface area (TPSA) is 29.1 Å². The highest BCUT2D eigenvalue weighted by atomic mass is 32.1. The van der Waals surface area contributed by atoms with Gasteiger partial charge >= 0.3 is 0 Å². The zero-order chi connectivity index (χ0) is 13.8. The molecule has 4 heteroatoms. The molecule has 0 saturated heterocycles. The Bertz CT molecular complexity index is 485. The molecular formula is C15H18FNOS. The van der Waals surface area contributed by atoms with Crippen LogP contribution in [0.2, 0.25) is 0 Å². The molecule has 1 aliphatic carbocycles. The third kappa shape index (κ3) is 3.91. The minimum absolute atomic E-state index is 0.0925. The molecule has 2 rings (SSSR count). The molecule has 102 valence electrons. The lowest BCUT2D eigenvalue weighted by Crippen LogP contribution is -2.31. The van der Waals surface area contributed by atoms with Gasteiger partial charge in [-0.05, 0) is 30.2 Å². The number of nitrogens with one attached hydrogen (secondary N) is 1. The summed E-state index contributed by atoms with van der Waals surface area (Å²) in [6.07, 6.45) is 2.50. The second kappa shape index (κ2) is 6.35. The third-order valence-corrected chi connectivity index (χ3v) is 3.47. The minimum atomic E-state index is -0.554. The van der Waals surface area contributed by atoms with E-state index in [1.807, 2.05) is 0 Å². The molecule has 0 spiro atoms. The summed E-state index contributed by atoms with van der Waals surface area (Å²) in [4.78, 5) is 13.0. The van der Waals surface area contributed by atoms with Crippen molar-refractivity contribution in [2.24, 2.45) is 5.92 Å². The first kappa shape index (κ1) is 14.3. The summed E-state index contributed by atoms with van der Waals surface area (Å²) in [6, 6.07) is 5.89. The van der Waals surface area contributed by atoms with Crippen LogP contribution in [0.1, 0.15) is 30.9 Å². The van der Waals surface area contributed by atoms with Gasteiger partial charge in [-0.2, -0.15) is 0 Å². The summed E-state index contributed by atoms with van der Waals surface area (Å²) >= 11 is 4.12. The van der Waals surface area contributed by atoms with Crippen LogP contribution < -0.4 is 5.32 Å². The maximum absolute atomic E-state index is 13.8. The van der Waals surface area contributed by atoms with Gasteiger partial charge in [0.2, 0.25) is 0 Å². The molecule has 19 heavy (non-hydrogen) atoms. The van der Waals surface area contributed by atoms with Crippen LogP contribution in [0.25, 0.3) is 0 Å². The molecule has 0 radical (unpaired) electrons. The van der Waals surface area contributed by atoms with Crippen LogP contribution >= 0.6 is 12.6 Å². The average molecular weight is 279 g/mol. The zero-order valence-corrected chi connectivity index (χ0v) is 11.6. The van der Waals surface area contributed by atoms with Gasteiger partial charge in [0.25, 0.3) is 0 Å². The number of rotatable bonds is 7. The molecule has 0 aromatic heterocycles. The molecule has 1 N–H and O–H groups in total. The van der Waals surface area contributed by atoms with Gasteiger partial charge in [0.1, 0.15) is 5.82 Å². The molecule has 2 nitrogen and oxygen atoms in total. The SMILES string of the molecule is C=C(S)CCNC(C(=O)C1CC1)c1ccccc1F. The lowest BCUT2D eigenvalue weighted by atomic mass is 9.99. The van der Waals surface area contributed by atoms with E-state index in [0.29, 0.717) is 18.5 Å². The first-order valence-electron chi connectivity index (χ1n) is 6.48. The highest BCUT2D eigenvalue weighted by molar-refractivity contribution is 7.84. The zero-order valence-electron chi connectivity index (χ0n) is 10.7. The van der Waals surface area contributed by atoms with Gasteiger partial charge in [-0.15, -0.1) is 12.6 Å². The van der Waals surface area contributed by atoms with Crippen LogP contribution in [0.15, 0.2) is 35.7 Å². The van der Waals surface area contributed by atoms with Crippen molar-refractivity contribution in [1.29, 1.82) is 0 Å². The Hall–Kier alpha value is -1.13. The predicted molar refractivity (Wildman–Crippen MR) is 77.6 cm³/mol. The lowest BCUT2D eigenvalue weighted by Gasteiger charge is -2.18. The van der Waals surface area contributed by atoms with Crippen molar-refractivity contribution in [1.82, 2.24) is 5.32 Å². The minimum Gasteiger partial charge on any atom is -0.303 e. The monoisotopic (exact) mass is 279 g/mol. The Labute approximate surface area is 118 Å². The standard InChI is InChI=1S/C15H18FNOS/c1-10(19)8-9-17-14(15(18)11-6-7-11)12-4-2-3-5-13(12)16/h2-5,11,14,17,19H,1,6-9H2. The van der Waals surface area contributed by atoms with Gasteiger partial charge in [-0.25, -0.2) is 4.39 Å². The first-order chi connectivity index (χ1) is 9.09. The van der Waals surface area contributed by atoms with Crippen molar-refractivity contribution in [2.75, 3.05) is 6.54 Å². The third-order valence-electron chi connectivity index (χ3n) is 3.24. The Balaban J connectivity index is 2.11. The van der Waals surface area contributed by atoms with E-state index in [0.717, 1.165) is 17.7 Å². The Kier molecular flexibility index (Phi) is 4.77. The summed E-state index contributed by atoms with van der Waals surface area (Å²) in [6.45, 7) is 4.27. The van der Waals surface area contributed by atoms with Crippen molar-refractivity contribution >= 4 is 18.4 Å². The molecule has 0 amide bonds. The predicted octanol–water partition coefficient (Wildman–Crippen LogP) is 3.27. The molecule has 1 aliphatic rings. The van der Waals surface area contributed by atoms with Crippen molar-refractivity contribution < 1.29 is 9.18 Å². The van der Waals surface area contributed by atoms with Crippen LogP contribution in [-0.2, 0) is 4.79 Å². The Morgan fingerprint density at radius 3 is 2.74 bits per heavy atom. The van der Waals surface area contributed by atoms with Gasteiger partial charge < -0.3 is 5.32 Å². The maximum atomic E-state index is 13.8. The van der Waals surface area contributed by atoms with E-state index in [1.165, 1.54) is 6.07 Å². The summed E-state index contributed by atoms with van der Waals surface area (Å²) in [5, 5.41) is 3.13. The Morgan fingerprint density at radius 1 is 1.47 bits per heavy atom. The number of ketones is 1. The van der Waals surface area contributed by atoms with Crippen molar-refractivity contribution in [3.63, 3.8) is 0 Å². The number of halogens is 1. The van der Waals surface area contributed by atoms with Gasteiger partial charge in [0.15, 0.2) is 5.78 Å². The van der Waals surface area contributed by atoms with Crippen LogP contribution in [0, 0.1) is 11.7 Å². The van der Waals surface area contributed by atoms with E-state index in [4.69, 9.17) is 0 Å². The molecule has 1 aromatic rings. The lowest BCUT2D eigenvalue weighted by molar-refractivity contribution is -0.122. The number of carbonyl (C=O) groups is 1. The number of thiol groups is 1. The largest absolute Gasteiger partial charge is 0.303 e. The Morgan fingerprint density at radius 2 is 2.16 bits per heavy atom. The first-order valence-corrected chi connectivity index (χ1v) is 6.92. The fraction of sp³-hybridized carbons (Fsp3) is 0.400. The summed E-state index contributed by atoms with van der Waals surface area (Å²) < 4.78 is 13.8. The van der Waals surface area contributed by atoms with Crippen molar-refractivity contribution in [3.8, 4) is 0 Å². The normalized spacial score (nSPS) is 16.1. The van der Waals surface area contributed by atoms with Crippen LogP contribution in [0.3, 0.4) is 0 Å². The molecule has 1 saturated carbocycles. The molecule has 1 atom stereocenters. The number of hydrogen-bond acceptors (Lipinski definition) is 3. The molecular weight excluding hydrogens is 261 g/mol. The van der Waals surface area contributed by atoms with Crippen molar-refractivity contribution in [3.05, 3.63) is 47.1 Å². The molecule has 1 fully saturated rings. The van der Waals surface area contributed by atoms with E-state index in [9.17, 15) is 9.18 Å². The van der Waals surface area contributed by atoms with Crippen LogP contribution in [0.4, 0.5) is 4.39 Å². The van der Waals surface area contributed by atoms with Gasteiger partial charge in [0.05, 0.1) is 6.04 Å². The van der Waals surface area contributed by atoms with E-state index >= 15 is 0 Å². The van der Waals surface area contributed by atoms with Crippen LogP contribution in [0.5, 0.6) is 0 Å². The maximum Gasteiger partial charge on any atom is 0.157 e. The summed E-state index contributed by atoms with van der Waals surface area (Å²) in [7, 11) is 0. The fourth-order valence-electron chi connectivity index (χ4n) is 2.04. The quantitative estimate of drug-likeness (QED) is 0.750. The fourth-order valence-corrected chi connectivity index (χ4v) is 2.15. The van der Waals surface area contributed by atoms with Gasteiger partial charge in [0, 0.05) is 18.0 Å². The van der Waals surface area contributed by atoms with E-state index in [1.54, 1.807) is 18.2 Å². The highest BCUT2D eigenvalue weighted by Crippen LogP contribution is 2.35. The molecule has 0 heterocycles. The second-order valence-electron chi connectivity index (χ2n) is 4.90. The summed E-state index contributed by atoms with van der Waals surface area (Å²) in [5.74, 6) is -0.148. The highest BCUT2D eigenvalue weighted by Gasteiger charge is 2.36. The number of benzene rings is 1. The number of Topliss-reactive ketones (excluding diaryl/α,β-unsaturated/α-hetero) is 1. The molecule has 0 aliphatic heterocycles. The van der Waals surface area contributed by atoms with Crippen LogP contribution in [-0.4, -0.2) is 12.3 Å². The summed E-state index contributed by atoms with van der Waals surface area (Å²) in [5.41, 5.74) is 0.434. The number of hydrogen-bond donors (Lipinski definition) is 2. The van der Waals surface area contributed by atoms with E-state index in [-0.39, 0.29) is 17.5 Å². The van der Waals surface area contributed by atoms with E-state index in [2.05, 4.69) is 24.5 Å². The van der Waals surface area contributed by atoms with Gasteiger partial charge in [-0.3, -0.25) is 4.79 Å². The number of carbonyl (C=O) groups excluding carboxylic acids is 1. The molecule has 1 aromatic carbocycles. The molecule has 1 unspecified atom stereocenters. The molecule has 0 bridgehead atoms. The van der Waals surface area contributed by atoms with E-state index < -0.39 is 6.04 Å². The second-order valence-corrected chi connectivity index (χ2v) is 5.53.